The molecular formula is C15H21NS. The molecule has 0 aromatic heterocycles. The van der Waals surface area contributed by atoms with Crippen LogP contribution >= 0.6 is 11.8 Å². The summed E-state index contributed by atoms with van der Waals surface area (Å²) >= 11 is 2.17. The maximum Gasteiger partial charge on any atom is 0.0201 e. The molecule has 1 fully saturated rings. The van der Waals surface area contributed by atoms with Gasteiger partial charge < -0.3 is 5.32 Å². The highest BCUT2D eigenvalue weighted by Crippen LogP contribution is 2.40. The van der Waals surface area contributed by atoms with E-state index in [4.69, 9.17) is 0 Å². The van der Waals surface area contributed by atoms with E-state index in [1.165, 1.54) is 31.4 Å². The third-order valence-electron chi connectivity index (χ3n) is 4.28. The molecule has 1 N–H and O–H groups in total. The summed E-state index contributed by atoms with van der Waals surface area (Å²) in [7, 11) is 2.13. The number of thioether (sulfide) groups is 1. The van der Waals surface area contributed by atoms with Crippen molar-refractivity contribution >= 4 is 11.8 Å². The molecule has 2 aliphatic rings. The zero-order valence-electron chi connectivity index (χ0n) is 10.5. The third kappa shape index (κ3) is 2.25. The lowest BCUT2D eigenvalue weighted by Gasteiger charge is -2.34. The van der Waals surface area contributed by atoms with Crippen molar-refractivity contribution in [3.05, 3.63) is 35.4 Å². The van der Waals surface area contributed by atoms with Gasteiger partial charge in [0.15, 0.2) is 0 Å². The molecule has 1 heterocycles. The smallest absolute Gasteiger partial charge is 0.0201 e. The topological polar surface area (TPSA) is 12.0 Å². The highest BCUT2D eigenvalue weighted by molar-refractivity contribution is 8.00. The van der Waals surface area contributed by atoms with Gasteiger partial charge in [0.2, 0.25) is 0 Å². The van der Waals surface area contributed by atoms with Gasteiger partial charge in [-0.15, -0.1) is 0 Å². The average Bonchev–Trinajstić information content (AvgIpc) is 2.84. The maximum absolute atomic E-state index is 3.55. The lowest BCUT2D eigenvalue weighted by atomic mass is 9.74. The Hall–Kier alpha value is -0.470. The lowest BCUT2D eigenvalue weighted by Crippen LogP contribution is -2.37. The Kier molecular flexibility index (Phi) is 3.44. The van der Waals surface area contributed by atoms with Crippen molar-refractivity contribution in [3.63, 3.8) is 0 Å². The van der Waals surface area contributed by atoms with E-state index in [1.807, 2.05) is 0 Å². The number of benzene rings is 1. The van der Waals surface area contributed by atoms with E-state index < -0.39 is 0 Å². The van der Waals surface area contributed by atoms with Gasteiger partial charge in [-0.05, 0) is 55.5 Å². The van der Waals surface area contributed by atoms with Crippen molar-refractivity contribution in [2.75, 3.05) is 12.8 Å². The number of hydrogen-bond acceptors (Lipinski definition) is 2. The minimum atomic E-state index is 0.709. The number of fused-ring (bicyclic) bond motifs is 1. The first-order valence-electron chi connectivity index (χ1n) is 6.75. The Morgan fingerprint density at radius 1 is 1.41 bits per heavy atom. The van der Waals surface area contributed by atoms with Crippen LogP contribution < -0.4 is 5.32 Å². The first-order chi connectivity index (χ1) is 8.38. The fourth-order valence-electron chi connectivity index (χ4n) is 3.25. The Balaban J connectivity index is 1.63. The molecule has 17 heavy (non-hydrogen) atoms. The molecule has 1 aliphatic heterocycles. The highest BCUT2D eigenvalue weighted by atomic mass is 32.2. The van der Waals surface area contributed by atoms with Crippen LogP contribution in [-0.4, -0.2) is 24.1 Å². The molecule has 92 valence electrons. The van der Waals surface area contributed by atoms with Crippen LogP contribution in [0.15, 0.2) is 24.3 Å². The van der Waals surface area contributed by atoms with Crippen LogP contribution in [0.25, 0.3) is 0 Å². The molecule has 1 nitrogen and oxygen atoms in total. The Labute approximate surface area is 108 Å². The fourth-order valence-corrected chi connectivity index (χ4v) is 4.70. The predicted octanol–water partition coefficient (Wildman–Crippen LogP) is 3.20. The van der Waals surface area contributed by atoms with Crippen molar-refractivity contribution in [3.8, 4) is 0 Å². The number of rotatable bonds is 4. The quantitative estimate of drug-likeness (QED) is 0.877. The minimum absolute atomic E-state index is 0.709. The molecule has 3 atom stereocenters. The van der Waals surface area contributed by atoms with E-state index in [0.717, 1.165) is 11.2 Å². The second-order valence-electron chi connectivity index (χ2n) is 5.28. The van der Waals surface area contributed by atoms with E-state index in [0.29, 0.717) is 6.04 Å². The highest BCUT2D eigenvalue weighted by Gasteiger charge is 2.32. The number of hydrogen-bond donors (Lipinski definition) is 1. The van der Waals surface area contributed by atoms with E-state index in [-0.39, 0.29) is 0 Å². The predicted molar refractivity (Wildman–Crippen MR) is 75.8 cm³/mol. The van der Waals surface area contributed by atoms with Gasteiger partial charge in [-0.3, -0.25) is 0 Å². The van der Waals surface area contributed by atoms with E-state index in [1.54, 1.807) is 11.1 Å². The van der Waals surface area contributed by atoms with Crippen LogP contribution in [0.4, 0.5) is 0 Å². The standard InChI is InChI=1S/C15H21NS/c1-16-14(15-7-4-8-17-15)10-12-9-11-5-2-3-6-13(11)12/h2-3,5-6,12,14-16H,4,7-10H2,1H3. The summed E-state index contributed by atoms with van der Waals surface area (Å²) in [5, 5.41) is 4.41. The van der Waals surface area contributed by atoms with Crippen molar-refractivity contribution in [2.45, 2.75) is 42.9 Å². The van der Waals surface area contributed by atoms with Gasteiger partial charge in [0, 0.05) is 11.3 Å². The summed E-state index contributed by atoms with van der Waals surface area (Å²) in [4.78, 5) is 0. The molecule has 1 saturated heterocycles. The lowest BCUT2D eigenvalue weighted by molar-refractivity contribution is 0.424. The Morgan fingerprint density at radius 3 is 3.00 bits per heavy atom. The molecule has 0 amide bonds. The van der Waals surface area contributed by atoms with Crippen LogP contribution in [0.3, 0.4) is 0 Å². The van der Waals surface area contributed by atoms with Crippen molar-refractivity contribution in [2.24, 2.45) is 0 Å². The Bertz CT molecular complexity index is 384. The number of nitrogens with one attached hydrogen (secondary N) is 1. The molecule has 1 aliphatic carbocycles. The van der Waals surface area contributed by atoms with E-state index >= 15 is 0 Å². The van der Waals surface area contributed by atoms with E-state index in [2.05, 4.69) is 48.4 Å². The normalized spacial score (nSPS) is 28.5. The minimum Gasteiger partial charge on any atom is -0.316 e. The summed E-state index contributed by atoms with van der Waals surface area (Å²) in [5.41, 5.74) is 3.18. The van der Waals surface area contributed by atoms with Crippen LogP contribution in [0.5, 0.6) is 0 Å². The zero-order valence-corrected chi connectivity index (χ0v) is 11.3. The summed E-state index contributed by atoms with van der Waals surface area (Å²) in [6.07, 6.45) is 5.44. The molecule has 3 unspecified atom stereocenters. The molecule has 0 spiro atoms. The molecular weight excluding hydrogens is 226 g/mol. The largest absolute Gasteiger partial charge is 0.316 e. The summed E-state index contributed by atoms with van der Waals surface area (Å²) in [5.74, 6) is 2.18. The first kappa shape index (κ1) is 11.6. The SMILES string of the molecule is CNC(CC1Cc2ccccc21)C1CCCS1. The van der Waals surface area contributed by atoms with Gasteiger partial charge in [-0.25, -0.2) is 0 Å². The second-order valence-corrected chi connectivity index (χ2v) is 6.63. The van der Waals surface area contributed by atoms with Gasteiger partial charge >= 0.3 is 0 Å². The van der Waals surface area contributed by atoms with Crippen molar-refractivity contribution in [1.29, 1.82) is 0 Å². The summed E-state index contributed by atoms with van der Waals surface area (Å²) < 4.78 is 0. The van der Waals surface area contributed by atoms with E-state index in [9.17, 15) is 0 Å². The van der Waals surface area contributed by atoms with Gasteiger partial charge in [-0.2, -0.15) is 11.8 Å². The third-order valence-corrected chi connectivity index (χ3v) is 5.80. The molecule has 0 saturated carbocycles. The zero-order chi connectivity index (χ0) is 11.7. The average molecular weight is 247 g/mol. The molecule has 0 bridgehead atoms. The van der Waals surface area contributed by atoms with Crippen molar-refractivity contribution < 1.29 is 0 Å². The summed E-state index contributed by atoms with van der Waals surface area (Å²) in [6, 6.07) is 9.66. The first-order valence-corrected chi connectivity index (χ1v) is 7.80. The molecule has 1 aromatic carbocycles. The van der Waals surface area contributed by atoms with Gasteiger partial charge in [0.05, 0.1) is 0 Å². The monoisotopic (exact) mass is 247 g/mol. The molecule has 1 aromatic rings. The summed E-state index contributed by atoms with van der Waals surface area (Å²) in [6.45, 7) is 0. The van der Waals surface area contributed by atoms with Crippen LogP contribution in [0.2, 0.25) is 0 Å². The van der Waals surface area contributed by atoms with Gasteiger partial charge in [-0.1, -0.05) is 24.3 Å². The van der Waals surface area contributed by atoms with Crippen LogP contribution in [0.1, 0.15) is 36.3 Å². The maximum atomic E-state index is 3.55. The molecule has 0 radical (unpaired) electrons. The molecule has 3 rings (SSSR count). The molecule has 2 heteroatoms. The van der Waals surface area contributed by atoms with Gasteiger partial charge in [0.1, 0.15) is 0 Å². The van der Waals surface area contributed by atoms with Crippen molar-refractivity contribution in [1.82, 2.24) is 5.32 Å². The van der Waals surface area contributed by atoms with Crippen LogP contribution in [0, 0.1) is 0 Å². The Morgan fingerprint density at radius 2 is 2.29 bits per heavy atom. The van der Waals surface area contributed by atoms with Crippen LogP contribution in [-0.2, 0) is 6.42 Å². The fraction of sp³-hybridized carbons (Fsp3) is 0.600. The second kappa shape index (κ2) is 5.03. The van der Waals surface area contributed by atoms with Gasteiger partial charge in [0.25, 0.3) is 0 Å².